The summed E-state index contributed by atoms with van der Waals surface area (Å²) in [5, 5.41) is 9.37. The van der Waals surface area contributed by atoms with E-state index in [1.54, 1.807) is 0 Å². The third-order valence-corrected chi connectivity index (χ3v) is 2.90. The van der Waals surface area contributed by atoms with Crippen molar-refractivity contribution >= 4 is 0 Å². The van der Waals surface area contributed by atoms with Crippen LogP contribution in [0.5, 0.6) is 0 Å². The van der Waals surface area contributed by atoms with E-state index in [1.807, 2.05) is 6.92 Å². The van der Waals surface area contributed by atoms with Gasteiger partial charge in [-0.05, 0) is 37.0 Å². The molecule has 0 aliphatic rings. The van der Waals surface area contributed by atoms with Crippen molar-refractivity contribution in [3.8, 4) is 0 Å². The third-order valence-electron chi connectivity index (χ3n) is 2.90. The van der Waals surface area contributed by atoms with Crippen molar-refractivity contribution in [2.75, 3.05) is 0 Å². The fraction of sp³-hybridized carbons (Fsp3) is 1.00. The summed E-state index contributed by atoms with van der Waals surface area (Å²) in [7, 11) is 0. The van der Waals surface area contributed by atoms with Gasteiger partial charge in [-0.2, -0.15) is 0 Å². The molecule has 3 atom stereocenters. The second-order valence-corrected chi connectivity index (χ2v) is 6.17. The van der Waals surface area contributed by atoms with Crippen LogP contribution in [0.25, 0.3) is 0 Å². The SMILES string of the molecule is CC(CCC(C)C(C)O)CC(C)(C)C. The lowest BCUT2D eigenvalue weighted by Gasteiger charge is -2.24. The molecule has 0 aromatic rings. The van der Waals surface area contributed by atoms with E-state index in [0.29, 0.717) is 11.3 Å². The van der Waals surface area contributed by atoms with Gasteiger partial charge in [0.1, 0.15) is 0 Å². The number of aliphatic hydroxyl groups excluding tert-OH is 1. The minimum absolute atomic E-state index is 0.156. The largest absolute Gasteiger partial charge is 0.393 e. The van der Waals surface area contributed by atoms with Gasteiger partial charge in [-0.3, -0.25) is 0 Å². The number of aliphatic hydroxyl groups is 1. The van der Waals surface area contributed by atoms with Crippen LogP contribution in [0.3, 0.4) is 0 Å². The lowest BCUT2D eigenvalue weighted by molar-refractivity contribution is 0.124. The van der Waals surface area contributed by atoms with Crippen LogP contribution in [-0.2, 0) is 0 Å². The molecule has 0 spiro atoms. The van der Waals surface area contributed by atoms with E-state index >= 15 is 0 Å². The fourth-order valence-corrected chi connectivity index (χ4v) is 1.94. The molecular weight excluding hydrogens is 172 g/mol. The first-order valence-corrected chi connectivity index (χ1v) is 5.90. The van der Waals surface area contributed by atoms with Crippen LogP contribution in [0, 0.1) is 17.3 Å². The Bertz CT molecular complexity index is 144. The number of hydrogen-bond acceptors (Lipinski definition) is 1. The molecule has 0 aromatic heterocycles. The molecule has 86 valence electrons. The van der Waals surface area contributed by atoms with Gasteiger partial charge in [-0.15, -0.1) is 0 Å². The van der Waals surface area contributed by atoms with E-state index in [0.717, 1.165) is 12.3 Å². The minimum Gasteiger partial charge on any atom is -0.393 e. The average Bonchev–Trinajstić information content (AvgIpc) is 1.96. The van der Waals surface area contributed by atoms with Crippen molar-refractivity contribution in [3.63, 3.8) is 0 Å². The van der Waals surface area contributed by atoms with Crippen molar-refractivity contribution in [2.24, 2.45) is 17.3 Å². The van der Waals surface area contributed by atoms with Crippen molar-refractivity contribution in [2.45, 2.75) is 66.9 Å². The molecule has 0 aliphatic carbocycles. The van der Waals surface area contributed by atoms with Gasteiger partial charge in [0.15, 0.2) is 0 Å². The van der Waals surface area contributed by atoms with Crippen molar-refractivity contribution in [3.05, 3.63) is 0 Å². The highest BCUT2D eigenvalue weighted by atomic mass is 16.3. The van der Waals surface area contributed by atoms with Gasteiger partial charge in [-0.25, -0.2) is 0 Å². The summed E-state index contributed by atoms with van der Waals surface area (Å²) >= 11 is 0. The molecule has 1 nitrogen and oxygen atoms in total. The molecule has 3 unspecified atom stereocenters. The summed E-state index contributed by atoms with van der Waals surface area (Å²) in [6, 6.07) is 0. The molecule has 0 saturated carbocycles. The van der Waals surface area contributed by atoms with E-state index in [4.69, 9.17) is 0 Å². The molecule has 1 heteroatoms. The minimum atomic E-state index is -0.156. The van der Waals surface area contributed by atoms with Crippen molar-refractivity contribution < 1.29 is 5.11 Å². The molecule has 0 amide bonds. The van der Waals surface area contributed by atoms with Gasteiger partial charge >= 0.3 is 0 Å². The van der Waals surface area contributed by atoms with Crippen LogP contribution in [-0.4, -0.2) is 11.2 Å². The Morgan fingerprint density at radius 3 is 1.86 bits per heavy atom. The zero-order valence-electron chi connectivity index (χ0n) is 10.8. The highest BCUT2D eigenvalue weighted by Crippen LogP contribution is 2.28. The van der Waals surface area contributed by atoms with Crippen LogP contribution in [0.4, 0.5) is 0 Å². The normalized spacial score (nSPS) is 19.1. The predicted molar refractivity (Wildman–Crippen MR) is 63.3 cm³/mol. The first-order valence-electron chi connectivity index (χ1n) is 5.90. The highest BCUT2D eigenvalue weighted by Gasteiger charge is 2.16. The number of rotatable bonds is 5. The Balaban J connectivity index is 3.69. The van der Waals surface area contributed by atoms with Gasteiger partial charge in [-0.1, -0.05) is 41.0 Å². The van der Waals surface area contributed by atoms with Gasteiger partial charge in [0.05, 0.1) is 6.10 Å². The number of hydrogen-bond donors (Lipinski definition) is 1. The lowest BCUT2D eigenvalue weighted by atomic mass is 9.82. The zero-order chi connectivity index (χ0) is 11.4. The standard InChI is InChI=1S/C13H28O/c1-10(9-13(4,5)6)7-8-11(2)12(3)14/h10-12,14H,7-9H2,1-6H3. The summed E-state index contributed by atoms with van der Waals surface area (Å²) in [6.07, 6.45) is 3.51. The van der Waals surface area contributed by atoms with Crippen molar-refractivity contribution in [1.82, 2.24) is 0 Å². The third kappa shape index (κ3) is 7.37. The summed E-state index contributed by atoms with van der Waals surface area (Å²) in [6.45, 7) is 13.2. The molecule has 0 rings (SSSR count). The van der Waals surface area contributed by atoms with E-state index in [1.165, 1.54) is 12.8 Å². The molecule has 0 aliphatic heterocycles. The van der Waals surface area contributed by atoms with Crippen LogP contribution in [0.1, 0.15) is 60.8 Å². The Labute approximate surface area is 89.9 Å². The first kappa shape index (κ1) is 14.0. The Kier molecular flexibility index (Phi) is 5.73. The Hall–Kier alpha value is -0.0400. The van der Waals surface area contributed by atoms with E-state index in [-0.39, 0.29) is 6.10 Å². The van der Waals surface area contributed by atoms with Crippen LogP contribution in [0.2, 0.25) is 0 Å². The molecular formula is C13H28O. The molecule has 0 fully saturated rings. The quantitative estimate of drug-likeness (QED) is 0.714. The van der Waals surface area contributed by atoms with Gasteiger partial charge in [0.25, 0.3) is 0 Å². The van der Waals surface area contributed by atoms with Gasteiger partial charge < -0.3 is 5.11 Å². The van der Waals surface area contributed by atoms with Crippen LogP contribution >= 0.6 is 0 Å². The van der Waals surface area contributed by atoms with E-state index in [9.17, 15) is 5.11 Å². The van der Waals surface area contributed by atoms with E-state index < -0.39 is 0 Å². The fourth-order valence-electron chi connectivity index (χ4n) is 1.94. The summed E-state index contributed by atoms with van der Waals surface area (Å²) in [5.41, 5.74) is 0.438. The second kappa shape index (κ2) is 5.75. The Morgan fingerprint density at radius 1 is 1.00 bits per heavy atom. The molecule has 0 radical (unpaired) electrons. The van der Waals surface area contributed by atoms with Crippen LogP contribution in [0.15, 0.2) is 0 Å². The molecule has 0 heterocycles. The van der Waals surface area contributed by atoms with Crippen LogP contribution < -0.4 is 0 Å². The highest BCUT2D eigenvalue weighted by molar-refractivity contribution is 4.68. The van der Waals surface area contributed by atoms with Crippen molar-refractivity contribution in [1.29, 1.82) is 0 Å². The second-order valence-electron chi connectivity index (χ2n) is 6.17. The smallest absolute Gasteiger partial charge is 0.0537 e. The summed E-state index contributed by atoms with van der Waals surface area (Å²) < 4.78 is 0. The predicted octanol–water partition coefficient (Wildman–Crippen LogP) is 3.86. The molecule has 0 bridgehead atoms. The van der Waals surface area contributed by atoms with Gasteiger partial charge in [0.2, 0.25) is 0 Å². The molecule has 14 heavy (non-hydrogen) atoms. The summed E-state index contributed by atoms with van der Waals surface area (Å²) in [5.74, 6) is 1.22. The lowest BCUT2D eigenvalue weighted by Crippen LogP contribution is -2.16. The van der Waals surface area contributed by atoms with Gasteiger partial charge in [0, 0.05) is 0 Å². The zero-order valence-corrected chi connectivity index (χ0v) is 10.8. The topological polar surface area (TPSA) is 20.2 Å². The molecule has 1 N–H and O–H groups in total. The monoisotopic (exact) mass is 200 g/mol. The molecule has 0 saturated heterocycles. The average molecular weight is 200 g/mol. The maximum atomic E-state index is 9.37. The Morgan fingerprint density at radius 2 is 1.50 bits per heavy atom. The first-order chi connectivity index (χ1) is 6.22. The summed E-state index contributed by atoms with van der Waals surface area (Å²) in [4.78, 5) is 0. The van der Waals surface area contributed by atoms with E-state index in [2.05, 4.69) is 34.6 Å². The molecule has 0 aromatic carbocycles. The maximum absolute atomic E-state index is 9.37. The maximum Gasteiger partial charge on any atom is 0.0537 e.